The van der Waals surface area contributed by atoms with Crippen molar-refractivity contribution in [2.75, 3.05) is 13.3 Å². The quantitative estimate of drug-likeness (QED) is 0.801. The summed E-state index contributed by atoms with van der Waals surface area (Å²) >= 11 is 0. The van der Waals surface area contributed by atoms with Crippen LogP contribution >= 0.6 is 0 Å². The smallest absolute Gasteiger partial charge is 0.231 e. The molecule has 0 saturated heterocycles. The zero-order valence-corrected chi connectivity index (χ0v) is 13.7. The van der Waals surface area contributed by atoms with Gasteiger partial charge in [0.1, 0.15) is 0 Å². The van der Waals surface area contributed by atoms with E-state index < -0.39 is 0 Å². The van der Waals surface area contributed by atoms with Gasteiger partial charge in [-0.15, -0.1) is 0 Å². The predicted molar refractivity (Wildman–Crippen MR) is 89.5 cm³/mol. The summed E-state index contributed by atoms with van der Waals surface area (Å²) in [6.07, 6.45) is 4.36. The Balaban J connectivity index is 1.38. The van der Waals surface area contributed by atoms with E-state index in [0.29, 0.717) is 18.7 Å². The van der Waals surface area contributed by atoms with E-state index >= 15 is 0 Å². The molecule has 1 aromatic heterocycles. The fourth-order valence-electron chi connectivity index (χ4n) is 3.21. The van der Waals surface area contributed by atoms with Gasteiger partial charge in [-0.2, -0.15) is 0 Å². The molecule has 0 radical (unpaired) electrons. The summed E-state index contributed by atoms with van der Waals surface area (Å²) in [6, 6.07) is 7.41. The number of Topliss-reactive ketones (excluding diaryl/α,β-unsaturated/α-hetero) is 1. The van der Waals surface area contributed by atoms with E-state index in [1.165, 1.54) is 11.8 Å². The van der Waals surface area contributed by atoms with Crippen molar-refractivity contribution in [2.45, 2.75) is 25.8 Å². The summed E-state index contributed by atoms with van der Waals surface area (Å²) in [5, 5.41) is 0. The van der Waals surface area contributed by atoms with Gasteiger partial charge < -0.3 is 14.4 Å². The second-order valence-electron chi connectivity index (χ2n) is 6.20. The maximum Gasteiger partial charge on any atom is 0.231 e. The highest BCUT2D eigenvalue weighted by molar-refractivity contribution is 5.97. The van der Waals surface area contributed by atoms with Gasteiger partial charge in [0.05, 0.1) is 0 Å². The number of carbonyl (C=O) groups is 2. The van der Waals surface area contributed by atoms with Crippen molar-refractivity contribution in [2.24, 2.45) is 0 Å². The molecule has 2 aliphatic heterocycles. The van der Waals surface area contributed by atoms with Crippen molar-refractivity contribution in [3.8, 4) is 11.5 Å². The van der Waals surface area contributed by atoms with Gasteiger partial charge in [0.15, 0.2) is 17.3 Å². The first kappa shape index (κ1) is 15.6. The molecule has 0 unspecified atom stereocenters. The molecule has 0 spiro atoms. The van der Waals surface area contributed by atoms with E-state index in [1.807, 2.05) is 12.1 Å². The van der Waals surface area contributed by atoms with Gasteiger partial charge in [-0.3, -0.25) is 14.6 Å². The molecule has 4 rings (SSSR count). The van der Waals surface area contributed by atoms with Gasteiger partial charge in [-0.05, 0) is 41.8 Å². The molecular formula is C19H18N2O4. The minimum atomic E-state index is -0.0535. The highest BCUT2D eigenvalue weighted by Crippen LogP contribution is 2.36. The van der Waals surface area contributed by atoms with Crippen LogP contribution in [0.1, 0.15) is 34.3 Å². The number of benzene rings is 1. The molecule has 3 heterocycles. The van der Waals surface area contributed by atoms with Crippen LogP contribution in [0.15, 0.2) is 36.7 Å². The van der Waals surface area contributed by atoms with E-state index in [9.17, 15) is 9.59 Å². The third kappa shape index (κ3) is 3.20. The molecule has 0 atom stereocenters. The van der Waals surface area contributed by atoms with Crippen LogP contribution in [-0.2, 0) is 17.8 Å². The van der Waals surface area contributed by atoms with Crippen molar-refractivity contribution in [1.29, 1.82) is 0 Å². The molecule has 6 heteroatoms. The average molecular weight is 338 g/mol. The molecule has 1 amide bonds. The van der Waals surface area contributed by atoms with Crippen LogP contribution in [0, 0.1) is 0 Å². The number of ether oxygens (including phenoxy) is 2. The predicted octanol–water partition coefficient (Wildman–Crippen LogP) is 2.36. The number of aromatic nitrogens is 1. The Morgan fingerprint density at radius 2 is 1.92 bits per heavy atom. The maximum absolute atomic E-state index is 12.5. The highest BCUT2D eigenvalue weighted by Gasteiger charge is 2.25. The lowest BCUT2D eigenvalue weighted by Gasteiger charge is -2.29. The first-order chi connectivity index (χ1) is 12.2. The van der Waals surface area contributed by atoms with Crippen molar-refractivity contribution < 1.29 is 19.1 Å². The summed E-state index contributed by atoms with van der Waals surface area (Å²) in [6.45, 7) is 1.45. The van der Waals surface area contributed by atoms with E-state index in [0.717, 1.165) is 23.5 Å². The van der Waals surface area contributed by atoms with Crippen LogP contribution in [0.3, 0.4) is 0 Å². The molecule has 2 aromatic rings. The fraction of sp³-hybridized carbons (Fsp3) is 0.316. The first-order valence-electron chi connectivity index (χ1n) is 8.33. The van der Waals surface area contributed by atoms with Gasteiger partial charge in [0.2, 0.25) is 12.7 Å². The number of hydrogen-bond donors (Lipinski definition) is 0. The molecule has 25 heavy (non-hydrogen) atoms. The van der Waals surface area contributed by atoms with Crippen LogP contribution in [-0.4, -0.2) is 34.9 Å². The largest absolute Gasteiger partial charge is 0.454 e. The Morgan fingerprint density at radius 3 is 2.68 bits per heavy atom. The Hall–Kier alpha value is -2.89. The summed E-state index contributed by atoms with van der Waals surface area (Å²) < 4.78 is 10.8. The molecule has 0 saturated carbocycles. The maximum atomic E-state index is 12.5. The lowest BCUT2D eigenvalue weighted by Crippen LogP contribution is -2.36. The molecule has 0 N–H and O–H groups in total. The molecular weight excluding hydrogens is 320 g/mol. The lowest BCUT2D eigenvalue weighted by molar-refractivity contribution is -0.132. The minimum absolute atomic E-state index is 0.000516. The molecule has 0 fully saturated rings. The minimum Gasteiger partial charge on any atom is -0.454 e. The third-order valence-electron chi connectivity index (χ3n) is 4.61. The van der Waals surface area contributed by atoms with Gasteiger partial charge in [0.25, 0.3) is 0 Å². The third-order valence-corrected chi connectivity index (χ3v) is 4.61. The zero-order valence-electron chi connectivity index (χ0n) is 13.7. The number of hydrogen-bond acceptors (Lipinski definition) is 5. The molecule has 2 aliphatic rings. The molecule has 0 bridgehead atoms. The van der Waals surface area contributed by atoms with Gasteiger partial charge in [0, 0.05) is 43.9 Å². The topological polar surface area (TPSA) is 68.7 Å². The second kappa shape index (κ2) is 6.55. The molecule has 6 nitrogen and oxygen atoms in total. The van der Waals surface area contributed by atoms with E-state index in [1.54, 1.807) is 23.2 Å². The van der Waals surface area contributed by atoms with Gasteiger partial charge >= 0.3 is 0 Å². The average Bonchev–Trinajstić information content (AvgIpc) is 3.11. The molecule has 0 aliphatic carbocycles. The van der Waals surface area contributed by atoms with Gasteiger partial charge in [-0.25, -0.2) is 0 Å². The number of carbonyl (C=O) groups excluding carboxylic acids is 2. The normalized spacial score (nSPS) is 15.0. The fourth-order valence-corrected chi connectivity index (χ4v) is 3.21. The second-order valence-corrected chi connectivity index (χ2v) is 6.20. The number of pyridine rings is 1. The number of fused-ring (bicyclic) bond motifs is 2. The van der Waals surface area contributed by atoms with Crippen molar-refractivity contribution in [1.82, 2.24) is 9.88 Å². The van der Waals surface area contributed by atoms with Crippen LogP contribution in [0.4, 0.5) is 0 Å². The van der Waals surface area contributed by atoms with E-state index in [2.05, 4.69) is 4.98 Å². The molecule has 128 valence electrons. The van der Waals surface area contributed by atoms with Crippen LogP contribution in [0.5, 0.6) is 11.5 Å². The Morgan fingerprint density at radius 1 is 1.12 bits per heavy atom. The van der Waals surface area contributed by atoms with E-state index in [4.69, 9.17) is 9.47 Å². The summed E-state index contributed by atoms with van der Waals surface area (Å²) in [7, 11) is 0. The Kier molecular flexibility index (Phi) is 4.09. The monoisotopic (exact) mass is 338 g/mol. The van der Waals surface area contributed by atoms with Crippen LogP contribution in [0.2, 0.25) is 0 Å². The Labute approximate surface area is 145 Å². The van der Waals surface area contributed by atoms with Crippen LogP contribution < -0.4 is 9.47 Å². The molecule has 1 aromatic carbocycles. The Bertz CT molecular complexity index is 820. The SMILES string of the molecule is O=C(CCC(=O)N1CCc2cc3c(cc2C1)OCO3)c1cccnc1. The summed E-state index contributed by atoms with van der Waals surface area (Å²) in [5.74, 6) is 1.46. The summed E-state index contributed by atoms with van der Waals surface area (Å²) in [5.41, 5.74) is 2.83. The van der Waals surface area contributed by atoms with Crippen molar-refractivity contribution in [3.63, 3.8) is 0 Å². The number of rotatable bonds is 4. The summed E-state index contributed by atoms with van der Waals surface area (Å²) in [4.78, 5) is 30.3. The zero-order chi connectivity index (χ0) is 17.2. The van der Waals surface area contributed by atoms with E-state index in [-0.39, 0.29) is 31.3 Å². The van der Waals surface area contributed by atoms with Gasteiger partial charge in [-0.1, -0.05) is 0 Å². The van der Waals surface area contributed by atoms with Crippen LogP contribution in [0.25, 0.3) is 0 Å². The number of ketones is 1. The number of nitrogens with zero attached hydrogens (tertiary/aromatic N) is 2. The lowest BCUT2D eigenvalue weighted by atomic mass is 9.98. The first-order valence-corrected chi connectivity index (χ1v) is 8.33. The number of amides is 1. The van der Waals surface area contributed by atoms with Crippen molar-refractivity contribution in [3.05, 3.63) is 53.3 Å². The highest BCUT2D eigenvalue weighted by atomic mass is 16.7. The van der Waals surface area contributed by atoms with Crippen molar-refractivity contribution >= 4 is 11.7 Å². The standard InChI is InChI=1S/C19H18N2O4/c22-16(14-2-1-6-20-10-14)3-4-19(23)21-7-5-13-8-17-18(25-12-24-17)9-15(13)11-21/h1-2,6,8-10H,3-5,7,11-12H2.